The van der Waals surface area contributed by atoms with Crippen LogP contribution in [0.25, 0.3) is 11.2 Å². The second kappa shape index (κ2) is 7.96. The van der Waals surface area contributed by atoms with E-state index in [1.54, 1.807) is 10.9 Å². The number of fused-ring (bicyclic) bond motifs is 1. The Kier molecular flexibility index (Phi) is 6.90. The molecular weight excluding hydrogens is 308 g/mol. The van der Waals surface area contributed by atoms with E-state index in [2.05, 4.69) is 33.8 Å². The van der Waals surface area contributed by atoms with Crippen molar-refractivity contribution in [2.75, 3.05) is 31.1 Å². The zero-order valence-electron chi connectivity index (χ0n) is 13.7. The molecule has 0 amide bonds. The second-order valence-corrected chi connectivity index (χ2v) is 10.2. The molecule has 7 heteroatoms. The molecule has 0 radical (unpaired) electrons. The molecule has 0 aromatic carbocycles. The van der Waals surface area contributed by atoms with Gasteiger partial charge in [-0.3, -0.25) is 0 Å². The monoisotopic (exact) mass is 332 g/mol. The molecule has 2 rings (SSSR count). The van der Waals surface area contributed by atoms with Crippen LogP contribution in [0.5, 0.6) is 0 Å². The summed E-state index contributed by atoms with van der Waals surface area (Å²) in [5, 5.41) is 4.64. The van der Waals surface area contributed by atoms with Gasteiger partial charge < -0.3 is 4.74 Å². The normalized spacial score (nSPS) is 12.1. The number of aryl methyl sites for hydroxylation is 1. The van der Waals surface area contributed by atoms with Crippen LogP contribution in [0.15, 0.2) is 6.20 Å². The summed E-state index contributed by atoms with van der Waals surface area (Å²) in [6, 6.07) is 0. The van der Waals surface area contributed by atoms with E-state index in [1.807, 2.05) is 20.8 Å². The lowest BCUT2D eigenvalue weighted by molar-refractivity contribution is 0.0836. The third kappa shape index (κ3) is 5.45. The van der Waals surface area contributed by atoms with Gasteiger partial charge >= 0.3 is 0 Å². The number of nitrogens with zero attached hydrogens (tertiary/aromatic N) is 4. The van der Waals surface area contributed by atoms with Gasteiger partial charge in [0, 0.05) is 5.75 Å². The minimum absolute atomic E-state index is 0.382. The van der Waals surface area contributed by atoms with Crippen LogP contribution in [0.1, 0.15) is 19.5 Å². The molecule has 0 aliphatic carbocycles. The van der Waals surface area contributed by atoms with E-state index in [9.17, 15) is 0 Å². The molecule has 0 saturated carbocycles. The van der Waals surface area contributed by atoms with E-state index in [1.165, 1.54) is 0 Å². The highest BCUT2D eigenvalue weighted by Gasteiger charge is 2.09. The zero-order chi connectivity index (χ0) is 16.0. The topological polar surface area (TPSA) is 52.8 Å². The Hall–Kier alpha value is -0.850. The number of aromatic nitrogens is 4. The molecule has 0 fully saturated rings. The van der Waals surface area contributed by atoms with Gasteiger partial charge in [0.1, 0.15) is 12.2 Å². The molecule has 5 nitrogen and oxygen atoms in total. The number of halogens is 1. The van der Waals surface area contributed by atoms with Crippen molar-refractivity contribution in [2.24, 2.45) is 0 Å². The van der Waals surface area contributed by atoms with Crippen LogP contribution in [0.4, 0.5) is 0 Å². The third-order valence-corrected chi connectivity index (χ3v) is 4.39. The van der Waals surface area contributed by atoms with Gasteiger partial charge in [0.05, 0.1) is 18.5 Å². The summed E-state index contributed by atoms with van der Waals surface area (Å²) in [7, 11) is -0.524. The van der Waals surface area contributed by atoms with Crippen LogP contribution < -0.4 is 0 Å². The van der Waals surface area contributed by atoms with Crippen molar-refractivity contribution in [1.82, 2.24) is 19.7 Å². The van der Waals surface area contributed by atoms with Crippen LogP contribution in [0, 0.1) is 6.92 Å². The van der Waals surface area contributed by atoms with E-state index in [0.29, 0.717) is 23.2 Å². The first-order valence-electron chi connectivity index (χ1n) is 6.96. The van der Waals surface area contributed by atoms with Crippen LogP contribution in [-0.2, 0) is 11.5 Å². The first kappa shape index (κ1) is 18.2. The van der Waals surface area contributed by atoms with Crippen molar-refractivity contribution in [1.29, 1.82) is 0 Å². The molecule has 0 aliphatic heterocycles. The third-order valence-electron chi connectivity index (χ3n) is 2.64. The highest BCUT2D eigenvalue weighted by Crippen LogP contribution is 2.33. The standard InChI is InChI=1S/C12H19ClN4OS.C2H6/c1-9-11(13)16-12-10(15-9)7-14-17(12)8-18-5-6-19(2,3)4;1-2/h7H,5-6,8H2,1-4H3;1-2H3. The maximum absolute atomic E-state index is 5.99. The van der Waals surface area contributed by atoms with E-state index in [4.69, 9.17) is 16.3 Å². The number of ether oxygens (including phenoxy) is 1. The van der Waals surface area contributed by atoms with Gasteiger partial charge in [-0.2, -0.15) is 5.10 Å². The fourth-order valence-corrected chi connectivity index (χ4v) is 2.26. The molecule has 0 atom stereocenters. The van der Waals surface area contributed by atoms with E-state index >= 15 is 0 Å². The lowest BCUT2D eigenvalue weighted by Gasteiger charge is -2.24. The highest BCUT2D eigenvalue weighted by atomic mass is 35.5. The average Bonchev–Trinajstić information content (AvgIpc) is 2.79. The minimum Gasteiger partial charge on any atom is -0.358 e. The van der Waals surface area contributed by atoms with Gasteiger partial charge in [-0.25, -0.2) is 24.7 Å². The zero-order valence-corrected chi connectivity index (χ0v) is 15.3. The van der Waals surface area contributed by atoms with E-state index in [0.717, 1.165) is 17.9 Å². The summed E-state index contributed by atoms with van der Waals surface area (Å²) in [6.07, 6.45) is 8.50. The van der Waals surface area contributed by atoms with Crippen LogP contribution >= 0.6 is 21.6 Å². The second-order valence-electron chi connectivity index (χ2n) is 5.29. The summed E-state index contributed by atoms with van der Waals surface area (Å²) in [6.45, 7) is 6.94. The Bertz CT molecular complexity index is 580. The molecule has 0 N–H and O–H groups in total. The maximum Gasteiger partial charge on any atom is 0.180 e. The predicted octanol–water partition coefficient (Wildman–Crippen LogP) is 3.48. The first-order chi connectivity index (χ1) is 9.87. The number of hydrogen-bond acceptors (Lipinski definition) is 4. The molecule has 21 heavy (non-hydrogen) atoms. The van der Waals surface area contributed by atoms with Crippen LogP contribution in [0.2, 0.25) is 5.15 Å². The Balaban J connectivity index is 0.00000106. The summed E-state index contributed by atoms with van der Waals surface area (Å²) in [5.41, 5.74) is 2.12. The van der Waals surface area contributed by atoms with Gasteiger partial charge in [-0.1, -0.05) is 25.4 Å². The SMILES string of the molecule is CC.Cc1nc2cnn(COCCS(C)(C)C)c2nc1Cl. The average molecular weight is 333 g/mol. The largest absolute Gasteiger partial charge is 0.358 e. The molecule has 2 aromatic rings. The Morgan fingerprint density at radius 3 is 2.52 bits per heavy atom. The Morgan fingerprint density at radius 1 is 1.24 bits per heavy atom. The van der Waals surface area contributed by atoms with E-state index in [-0.39, 0.29) is 0 Å². The van der Waals surface area contributed by atoms with Crippen molar-refractivity contribution in [2.45, 2.75) is 27.5 Å². The molecule has 0 bridgehead atoms. The van der Waals surface area contributed by atoms with Crippen LogP contribution in [0.3, 0.4) is 0 Å². The maximum atomic E-state index is 5.99. The van der Waals surface area contributed by atoms with E-state index < -0.39 is 10.0 Å². The summed E-state index contributed by atoms with van der Waals surface area (Å²) >= 11 is 5.99. The lowest BCUT2D eigenvalue weighted by Crippen LogP contribution is -2.11. The Morgan fingerprint density at radius 2 is 1.90 bits per heavy atom. The molecule has 0 spiro atoms. The summed E-state index contributed by atoms with van der Waals surface area (Å²) in [5.74, 6) is 1.08. The lowest BCUT2D eigenvalue weighted by atomic mass is 10.5. The predicted molar refractivity (Wildman–Crippen MR) is 92.6 cm³/mol. The van der Waals surface area contributed by atoms with Gasteiger partial charge in [0.15, 0.2) is 10.8 Å². The number of hydrogen-bond donors (Lipinski definition) is 0. The molecule has 0 unspecified atom stereocenters. The van der Waals surface area contributed by atoms with Gasteiger partial charge in [-0.15, -0.1) is 0 Å². The van der Waals surface area contributed by atoms with Crippen molar-refractivity contribution in [3.8, 4) is 0 Å². The quantitative estimate of drug-likeness (QED) is 0.786. The fraction of sp³-hybridized carbons (Fsp3) is 0.643. The van der Waals surface area contributed by atoms with Gasteiger partial charge in [0.2, 0.25) is 0 Å². The smallest absolute Gasteiger partial charge is 0.180 e. The van der Waals surface area contributed by atoms with Crippen molar-refractivity contribution in [3.63, 3.8) is 0 Å². The fourth-order valence-electron chi connectivity index (χ4n) is 1.52. The van der Waals surface area contributed by atoms with Gasteiger partial charge in [0.25, 0.3) is 0 Å². The Labute approximate surface area is 133 Å². The van der Waals surface area contributed by atoms with Crippen LogP contribution in [-0.4, -0.2) is 50.9 Å². The number of rotatable bonds is 5. The molecule has 0 saturated heterocycles. The van der Waals surface area contributed by atoms with Crippen molar-refractivity contribution < 1.29 is 4.74 Å². The van der Waals surface area contributed by atoms with Crippen molar-refractivity contribution in [3.05, 3.63) is 17.0 Å². The molecule has 120 valence electrons. The van der Waals surface area contributed by atoms with Crippen molar-refractivity contribution >= 4 is 32.8 Å². The minimum atomic E-state index is -0.524. The first-order valence-corrected chi connectivity index (χ1v) is 10.4. The summed E-state index contributed by atoms with van der Waals surface area (Å²) in [4.78, 5) is 8.63. The molecule has 0 aliphatic rings. The van der Waals surface area contributed by atoms with Gasteiger partial charge in [-0.05, 0) is 25.7 Å². The molecule has 2 heterocycles. The highest BCUT2D eigenvalue weighted by molar-refractivity contribution is 8.32. The molecular formula is C14H25ClN4OS. The summed E-state index contributed by atoms with van der Waals surface area (Å²) < 4.78 is 7.33. The molecule has 2 aromatic heterocycles.